The summed E-state index contributed by atoms with van der Waals surface area (Å²) < 4.78 is 48.6. The highest BCUT2D eigenvalue weighted by Crippen LogP contribution is 2.59. The van der Waals surface area contributed by atoms with Crippen LogP contribution in [0.2, 0.25) is 0 Å². The summed E-state index contributed by atoms with van der Waals surface area (Å²) in [6, 6.07) is 0. The first kappa shape index (κ1) is 12.5. The number of carbonyl (C=O) groups is 1. The van der Waals surface area contributed by atoms with Crippen molar-refractivity contribution in [2.24, 2.45) is 5.41 Å². The summed E-state index contributed by atoms with van der Waals surface area (Å²) in [5, 5.41) is 0.915. The van der Waals surface area contributed by atoms with Gasteiger partial charge in [-0.1, -0.05) is 0 Å². The van der Waals surface area contributed by atoms with Crippen LogP contribution in [-0.2, 0) is 14.3 Å². The Morgan fingerprint density at radius 1 is 1.40 bits per heavy atom. The van der Waals surface area contributed by atoms with Crippen LogP contribution in [-0.4, -0.2) is 34.0 Å². The first-order chi connectivity index (χ1) is 6.56. The van der Waals surface area contributed by atoms with Gasteiger partial charge in [0.05, 0.1) is 5.41 Å². The number of alkyl halides is 3. The third kappa shape index (κ3) is 3.22. The maximum Gasteiger partial charge on any atom is 0.394 e. The molecule has 0 aromatic rings. The number of carbonyl (C=O) groups excluding carboxylic acids is 1. The van der Waals surface area contributed by atoms with Crippen molar-refractivity contribution in [3.63, 3.8) is 0 Å². The zero-order valence-electron chi connectivity index (χ0n) is 8.56. The molecule has 0 spiro atoms. The van der Waals surface area contributed by atoms with E-state index >= 15 is 0 Å². The van der Waals surface area contributed by atoms with E-state index in [9.17, 15) is 22.2 Å². The molecule has 0 atom stereocenters. The molecule has 88 valence electrons. The summed E-state index contributed by atoms with van der Waals surface area (Å²) in [5.74, 6) is -0.667. The second-order valence-electron chi connectivity index (χ2n) is 4.35. The van der Waals surface area contributed by atoms with E-state index in [1.807, 2.05) is 0 Å². The van der Waals surface area contributed by atoms with Crippen molar-refractivity contribution < 1.29 is 22.2 Å². The van der Waals surface area contributed by atoms with E-state index in [1.54, 1.807) is 0 Å². The van der Waals surface area contributed by atoms with E-state index in [0.29, 0.717) is 0 Å². The average molecular weight is 242 g/mol. The minimum absolute atomic E-state index is 0.00466. The molecule has 15 heavy (non-hydrogen) atoms. The van der Waals surface area contributed by atoms with Crippen molar-refractivity contribution in [1.29, 1.82) is 0 Å². The minimum atomic E-state index is -4.32. The van der Waals surface area contributed by atoms with Crippen LogP contribution >= 0.6 is 0 Å². The molecule has 0 aromatic carbocycles. The fourth-order valence-corrected chi connectivity index (χ4v) is 2.12. The fraction of sp³-hybridized carbons (Fsp3) is 0.778. The normalized spacial score (nSPS) is 19.8. The van der Waals surface area contributed by atoms with Gasteiger partial charge in [0.1, 0.15) is 0 Å². The predicted molar refractivity (Wildman–Crippen MR) is 53.4 cm³/mol. The van der Waals surface area contributed by atoms with Crippen molar-refractivity contribution in [1.82, 2.24) is 0 Å². The van der Waals surface area contributed by atoms with Crippen LogP contribution in [0.5, 0.6) is 0 Å². The lowest BCUT2D eigenvalue weighted by molar-refractivity contribution is -0.189. The molecule has 0 N–H and O–H groups in total. The molecule has 0 amide bonds. The van der Waals surface area contributed by atoms with Crippen LogP contribution in [0, 0.1) is 5.41 Å². The van der Waals surface area contributed by atoms with Crippen molar-refractivity contribution in [2.75, 3.05) is 12.5 Å². The molecule has 0 bridgehead atoms. The molecule has 1 aliphatic rings. The SMILES string of the molecule is CS(C)(=O)=CC(=O)CC1(C(F)(F)F)CC1. The van der Waals surface area contributed by atoms with Crippen LogP contribution in [0.15, 0.2) is 0 Å². The van der Waals surface area contributed by atoms with Crippen LogP contribution in [0.25, 0.3) is 0 Å². The van der Waals surface area contributed by atoms with Crippen molar-refractivity contribution in [3.05, 3.63) is 0 Å². The maximum atomic E-state index is 12.5. The topological polar surface area (TPSA) is 34.1 Å². The van der Waals surface area contributed by atoms with Gasteiger partial charge in [-0.25, -0.2) is 0 Å². The number of rotatable bonds is 3. The highest BCUT2D eigenvalue weighted by Gasteiger charge is 2.63. The number of Topliss-reactive ketones (excluding diaryl/α,β-unsaturated/α-hetero) is 1. The quantitative estimate of drug-likeness (QED) is 0.705. The lowest BCUT2D eigenvalue weighted by Gasteiger charge is -2.17. The van der Waals surface area contributed by atoms with Gasteiger partial charge in [-0.05, 0) is 22.4 Å². The van der Waals surface area contributed by atoms with Gasteiger partial charge in [0.25, 0.3) is 0 Å². The monoisotopic (exact) mass is 242 g/mol. The molecule has 1 rings (SSSR count). The highest BCUT2D eigenvalue weighted by molar-refractivity contribution is 8.01. The summed E-state index contributed by atoms with van der Waals surface area (Å²) in [6.45, 7) is 0. The van der Waals surface area contributed by atoms with E-state index in [4.69, 9.17) is 0 Å². The second-order valence-corrected chi connectivity index (χ2v) is 7.20. The molecular weight excluding hydrogens is 229 g/mol. The molecular formula is C9H13F3O2S. The number of hydrogen-bond acceptors (Lipinski definition) is 2. The Hall–Kier alpha value is -0.520. The molecule has 2 nitrogen and oxygen atoms in total. The smallest absolute Gasteiger partial charge is 0.294 e. The first-order valence-electron chi connectivity index (χ1n) is 4.44. The maximum absolute atomic E-state index is 12.5. The van der Waals surface area contributed by atoms with E-state index in [2.05, 4.69) is 0 Å². The summed E-state index contributed by atoms with van der Waals surface area (Å²) in [6.07, 6.45) is -2.21. The summed E-state index contributed by atoms with van der Waals surface area (Å²) in [5.41, 5.74) is -1.83. The fourth-order valence-electron chi connectivity index (χ4n) is 1.40. The third-order valence-electron chi connectivity index (χ3n) is 2.38. The van der Waals surface area contributed by atoms with E-state index in [0.717, 1.165) is 5.37 Å². The van der Waals surface area contributed by atoms with Crippen molar-refractivity contribution >= 4 is 20.7 Å². The number of halogens is 3. The Kier molecular flexibility index (Phi) is 2.93. The standard InChI is InChI=1S/C9H13F3O2S/c1-15(2,14)6-7(13)5-8(3-4-8)9(10,11)12/h6H,3-5H2,1-2H3. The Balaban J connectivity index is 2.73. The van der Waals surface area contributed by atoms with E-state index in [-0.39, 0.29) is 12.8 Å². The van der Waals surface area contributed by atoms with Gasteiger partial charge in [0.2, 0.25) is 0 Å². The molecule has 1 saturated carbocycles. The molecule has 0 aliphatic heterocycles. The van der Waals surface area contributed by atoms with Crippen LogP contribution in [0.1, 0.15) is 19.3 Å². The summed E-state index contributed by atoms with van der Waals surface area (Å²) >= 11 is 0. The molecule has 0 aromatic heterocycles. The Morgan fingerprint density at radius 3 is 2.13 bits per heavy atom. The molecule has 6 heteroatoms. The lowest BCUT2D eigenvalue weighted by Crippen LogP contribution is -2.28. The lowest BCUT2D eigenvalue weighted by atomic mass is 10.00. The molecule has 0 radical (unpaired) electrons. The molecule has 0 heterocycles. The van der Waals surface area contributed by atoms with Gasteiger partial charge in [-0.3, -0.25) is 9.00 Å². The zero-order chi connectivity index (χ0) is 11.9. The van der Waals surface area contributed by atoms with Gasteiger partial charge < -0.3 is 0 Å². The third-order valence-corrected chi connectivity index (χ3v) is 3.21. The van der Waals surface area contributed by atoms with Gasteiger partial charge in [-0.2, -0.15) is 13.2 Å². The van der Waals surface area contributed by atoms with Gasteiger partial charge >= 0.3 is 6.18 Å². The zero-order valence-corrected chi connectivity index (χ0v) is 9.37. The van der Waals surface area contributed by atoms with E-state index < -0.39 is 33.3 Å². The van der Waals surface area contributed by atoms with E-state index in [1.165, 1.54) is 12.5 Å². The molecule has 0 unspecified atom stereocenters. The largest absolute Gasteiger partial charge is 0.394 e. The molecule has 1 fully saturated rings. The van der Waals surface area contributed by atoms with Crippen LogP contribution in [0.4, 0.5) is 13.2 Å². The average Bonchev–Trinajstić information content (AvgIpc) is 2.61. The summed E-state index contributed by atoms with van der Waals surface area (Å²) in [4.78, 5) is 11.2. The Morgan fingerprint density at radius 2 is 1.87 bits per heavy atom. The molecule has 0 saturated heterocycles. The van der Waals surface area contributed by atoms with Crippen LogP contribution in [0.3, 0.4) is 0 Å². The number of hydrogen-bond donors (Lipinski definition) is 0. The Bertz CT molecular complexity index is 377. The number of ketones is 1. The van der Waals surface area contributed by atoms with Gasteiger partial charge in [0, 0.05) is 24.3 Å². The minimum Gasteiger partial charge on any atom is -0.294 e. The molecule has 1 aliphatic carbocycles. The second kappa shape index (κ2) is 3.50. The van der Waals surface area contributed by atoms with Gasteiger partial charge in [-0.15, -0.1) is 0 Å². The van der Waals surface area contributed by atoms with Crippen LogP contribution < -0.4 is 0 Å². The van der Waals surface area contributed by atoms with Crippen molar-refractivity contribution in [3.8, 4) is 0 Å². The van der Waals surface area contributed by atoms with Crippen molar-refractivity contribution in [2.45, 2.75) is 25.4 Å². The highest BCUT2D eigenvalue weighted by atomic mass is 32.2. The first-order valence-corrected chi connectivity index (χ1v) is 6.88. The summed E-state index contributed by atoms with van der Waals surface area (Å²) in [7, 11) is -2.41. The Labute approximate surface area is 86.9 Å². The van der Waals surface area contributed by atoms with Gasteiger partial charge in [0.15, 0.2) is 5.78 Å². The predicted octanol–water partition coefficient (Wildman–Crippen LogP) is 1.63.